The molecule has 1 fully saturated rings. The van der Waals surface area contributed by atoms with Crippen molar-refractivity contribution in [3.05, 3.63) is 46.5 Å². The van der Waals surface area contributed by atoms with Gasteiger partial charge < -0.3 is 13.8 Å². The number of benzene rings is 1. The number of aromatic nitrogens is 5. The molecule has 1 aliphatic rings. The fourth-order valence-electron chi connectivity index (χ4n) is 3.76. The molecule has 4 heterocycles. The van der Waals surface area contributed by atoms with Gasteiger partial charge in [-0.1, -0.05) is 5.16 Å². The summed E-state index contributed by atoms with van der Waals surface area (Å²) in [5.74, 6) is 0.224. The highest BCUT2D eigenvalue weighted by molar-refractivity contribution is 5.83. The van der Waals surface area contributed by atoms with Crippen LogP contribution in [-0.2, 0) is 4.74 Å². The molecule has 1 atom stereocenters. The molecular formula is C19H18FN5O3. The summed E-state index contributed by atoms with van der Waals surface area (Å²) in [6, 6.07) is 4.18. The van der Waals surface area contributed by atoms with Crippen LogP contribution in [0.15, 0.2) is 33.8 Å². The van der Waals surface area contributed by atoms with Gasteiger partial charge in [-0.2, -0.15) is 4.98 Å². The van der Waals surface area contributed by atoms with Crippen molar-refractivity contribution in [2.45, 2.75) is 38.8 Å². The van der Waals surface area contributed by atoms with Crippen molar-refractivity contribution >= 4 is 16.6 Å². The van der Waals surface area contributed by atoms with Crippen LogP contribution in [0.4, 0.5) is 4.39 Å². The monoisotopic (exact) mass is 383 g/mol. The highest BCUT2D eigenvalue weighted by atomic mass is 19.1. The van der Waals surface area contributed by atoms with E-state index >= 15 is 0 Å². The van der Waals surface area contributed by atoms with E-state index in [1.807, 2.05) is 13.8 Å². The lowest BCUT2D eigenvalue weighted by atomic mass is 10.2. The van der Waals surface area contributed by atoms with Gasteiger partial charge in [0.15, 0.2) is 5.69 Å². The van der Waals surface area contributed by atoms with E-state index in [1.165, 1.54) is 18.5 Å². The summed E-state index contributed by atoms with van der Waals surface area (Å²) < 4.78 is 28.0. The first-order valence-corrected chi connectivity index (χ1v) is 9.21. The van der Waals surface area contributed by atoms with E-state index in [1.54, 1.807) is 15.0 Å². The first-order valence-electron chi connectivity index (χ1n) is 9.21. The second-order valence-corrected chi connectivity index (χ2v) is 7.17. The Hall–Kier alpha value is -3.07. The van der Waals surface area contributed by atoms with Crippen molar-refractivity contribution in [3.8, 4) is 11.6 Å². The molecule has 5 rings (SSSR count). The van der Waals surface area contributed by atoms with Crippen LogP contribution < -0.4 is 5.56 Å². The predicted octanol–water partition coefficient (Wildman–Crippen LogP) is 3.27. The minimum Gasteiger partial charge on any atom is -0.370 e. The van der Waals surface area contributed by atoms with Crippen LogP contribution in [0.25, 0.3) is 28.1 Å². The van der Waals surface area contributed by atoms with Crippen LogP contribution in [-0.4, -0.2) is 30.7 Å². The molecule has 9 heteroatoms. The van der Waals surface area contributed by atoms with Gasteiger partial charge in [-0.15, -0.1) is 0 Å². The maximum atomic E-state index is 13.8. The molecule has 144 valence electrons. The standard InChI is InChI=1S/C19H18FN5O3/c1-10(2)25-13-8-11(20)5-6-12(13)24-9-21-15(16(24)19(25)26)18-22-17(23-28-18)14-4-3-7-27-14/h5-6,8-10,14H,3-4,7H2,1-2H3. The number of halogens is 1. The normalized spacial score (nSPS) is 17.4. The van der Waals surface area contributed by atoms with Crippen molar-refractivity contribution in [3.63, 3.8) is 0 Å². The van der Waals surface area contributed by atoms with Gasteiger partial charge in [0, 0.05) is 12.6 Å². The number of rotatable bonds is 3. The van der Waals surface area contributed by atoms with Gasteiger partial charge in [-0.25, -0.2) is 9.37 Å². The summed E-state index contributed by atoms with van der Waals surface area (Å²) in [5, 5.41) is 4.00. The summed E-state index contributed by atoms with van der Waals surface area (Å²) in [6.07, 6.45) is 3.11. The molecule has 0 N–H and O–H groups in total. The van der Waals surface area contributed by atoms with Crippen molar-refractivity contribution in [1.29, 1.82) is 0 Å². The topological polar surface area (TPSA) is 87.5 Å². The van der Waals surface area contributed by atoms with E-state index in [-0.39, 0.29) is 23.6 Å². The highest BCUT2D eigenvalue weighted by Gasteiger charge is 2.26. The van der Waals surface area contributed by atoms with E-state index in [0.29, 0.717) is 34.7 Å². The average molecular weight is 383 g/mol. The minimum absolute atomic E-state index is 0.168. The summed E-state index contributed by atoms with van der Waals surface area (Å²) in [7, 11) is 0. The second-order valence-electron chi connectivity index (χ2n) is 7.17. The third-order valence-electron chi connectivity index (χ3n) is 5.02. The zero-order valence-corrected chi connectivity index (χ0v) is 15.4. The van der Waals surface area contributed by atoms with E-state index < -0.39 is 5.82 Å². The van der Waals surface area contributed by atoms with Gasteiger partial charge in [-0.05, 0) is 44.9 Å². The van der Waals surface area contributed by atoms with Crippen LogP contribution in [0.2, 0.25) is 0 Å². The average Bonchev–Trinajstić information content (AvgIpc) is 3.40. The lowest BCUT2D eigenvalue weighted by Crippen LogP contribution is -2.24. The Morgan fingerprint density at radius 2 is 2.14 bits per heavy atom. The number of hydrogen-bond donors (Lipinski definition) is 0. The zero-order chi connectivity index (χ0) is 19.4. The van der Waals surface area contributed by atoms with E-state index in [2.05, 4.69) is 15.1 Å². The molecule has 0 aliphatic carbocycles. The highest BCUT2D eigenvalue weighted by Crippen LogP contribution is 2.29. The molecule has 1 aliphatic heterocycles. The molecule has 3 aromatic heterocycles. The maximum absolute atomic E-state index is 13.8. The Kier molecular flexibility index (Phi) is 3.80. The first kappa shape index (κ1) is 17.1. The Morgan fingerprint density at radius 1 is 1.29 bits per heavy atom. The lowest BCUT2D eigenvalue weighted by Gasteiger charge is -2.15. The van der Waals surface area contributed by atoms with Gasteiger partial charge >= 0.3 is 0 Å². The zero-order valence-electron chi connectivity index (χ0n) is 15.4. The third kappa shape index (κ3) is 2.46. The largest absolute Gasteiger partial charge is 0.370 e. The first-order chi connectivity index (χ1) is 13.5. The second kappa shape index (κ2) is 6.23. The summed E-state index contributed by atoms with van der Waals surface area (Å²) in [5.41, 5.74) is 1.50. The number of nitrogens with zero attached hydrogens (tertiary/aromatic N) is 5. The summed E-state index contributed by atoms with van der Waals surface area (Å²) in [6.45, 7) is 4.42. The molecule has 0 spiro atoms. The molecular weight excluding hydrogens is 365 g/mol. The van der Waals surface area contributed by atoms with Crippen LogP contribution in [0, 0.1) is 5.82 Å². The third-order valence-corrected chi connectivity index (χ3v) is 5.02. The van der Waals surface area contributed by atoms with Crippen LogP contribution in [0.3, 0.4) is 0 Å². The summed E-state index contributed by atoms with van der Waals surface area (Å²) in [4.78, 5) is 22.0. The Bertz CT molecular complexity index is 1250. The van der Waals surface area contributed by atoms with Gasteiger partial charge in [0.05, 0.1) is 11.0 Å². The minimum atomic E-state index is -0.404. The van der Waals surface area contributed by atoms with Crippen molar-refractivity contribution in [2.75, 3.05) is 6.61 Å². The Balaban J connectivity index is 1.77. The van der Waals surface area contributed by atoms with Gasteiger partial charge in [0.25, 0.3) is 11.4 Å². The van der Waals surface area contributed by atoms with Gasteiger partial charge in [-0.3, -0.25) is 9.20 Å². The molecule has 0 amide bonds. The quantitative estimate of drug-likeness (QED) is 0.540. The van der Waals surface area contributed by atoms with Gasteiger partial charge in [0.2, 0.25) is 5.82 Å². The fourth-order valence-corrected chi connectivity index (χ4v) is 3.76. The summed E-state index contributed by atoms with van der Waals surface area (Å²) >= 11 is 0. The fraction of sp³-hybridized carbons (Fsp3) is 0.368. The molecule has 1 saturated heterocycles. The molecule has 4 aromatic rings. The Labute approximate surface area is 158 Å². The van der Waals surface area contributed by atoms with Crippen LogP contribution >= 0.6 is 0 Å². The van der Waals surface area contributed by atoms with Crippen molar-refractivity contribution in [1.82, 2.24) is 24.1 Å². The van der Waals surface area contributed by atoms with Crippen molar-refractivity contribution in [2.24, 2.45) is 0 Å². The lowest BCUT2D eigenvalue weighted by molar-refractivity contribution is 0.103. The number of hydrogen-bond acceptors (Lipinski definition) is 6. The SMILES string of the molecule is CC(C)n1c(=O)c2c(-c3nc(C4CCCO4)no3)ncn2c2ccc(F)cc21. The Morgan fingerprint density at radius 3 is 2.89 bits per heavy atom. The van der Waals surface area contributed by atoms with Crippen molar-refractivity contribution < 1.29 is 13.7 Å². The van der Waals surface area contributed by atoms with Gasteiger partial charge in [0.1, 0.15) is 23.8 Å². The molecule has 8 nitrogen and oxygen atoms in total. The van der Waals surface area contributed by atoms with E-state index in [4.69, 9.17) is 9.26 Å². The molecule has 1 unspecified atom stereocenters. The molecule has 0 saturated carbocycles. The van der Waals surface area contributed by atoms with E-state index in [0.717, 1.165) is 12.8 Å². The van der Waals surface area contributed by atoms with Crippen LogP contribution in [0.1, 0.15) is 44.7 Å². The maximum Gasteiger partial charge on any atom is 0.279 e. The smallest absolute Gasteiger partial charge is 0.279 e. The molecule has 0 radical (unpaired) electrons. The number of imidazole rings is 1. The molecule has 28 heavy (non-hydrogen) atoms. The van der Waals surface area contributed by atoms with Crippen LogP contribution in [0.5, 0.6) is 0 Å². The number of fused-ring (bicyclic) bond motifs is 3. The van der Waals surface area contributed by atoms with E-state index in [9.17, 15) is 9.18 Å². The molecule has 0 bridgehead atoms. The number of ether oxygens (including phenoxy) is 1. The predicted molar refractivity (Wildman–Crippen MR) is 98.5 cm³/mol. The molecule has 1 aromatic carbocycles.